The van der Waals surface area contributed by atoms with Crippen LogP contribution < -0.4 is 9.04 Å². The van der Waals surface area contributed by atoms with Crippen molar-refractivity contribution >= 4 is 21.4 Å². The van der Waals surface area contributed by atoms with Gasteiger partial charge in [0, 0.05) is 6.07 Å². The number of hydrogen-bond acceptors (Lipinski definition) is 4. The lowest BCUT2D eigenvalue weighted by Crippen LogP contribution is -2.26. The number of ether oxygens (including phenoxy) is 2. The summed E-state index contributed by atoms with van der Waals surface area (Å²) in [5, 5.41) is 0. The summed E-state index contributed by atoms with van der Waals surface area (Å²) in [5.74, 6) is 0.574. The summed E-state index contributed by atoms with van der Waals surface area (Å²) in [4.78, 5) is 0.180. The van der Waals surface area contributed by atoms with Gasteiger partial charge in [0.25, 0.3) is 10.0 Å². The molecule has 0 radical (unpaired) electrons. The van der Waals surface area contributed by atoms with Crippen molar-refractivity contribution in [2.24, 2.45) is 0 Å². The van der Waals surface area contributed by atoms with Crippen LogP contribution in [0.3, 0.4) is 0 Å². The van der Waals surface area contributed by atoms with Crippen molar-refractivity contribution in [3.05, 3.63) is 84.4 Å². The predicted octanol–water partition coefficient (Wildman–Crippen LogP) is 5.29. The summed E-state index contributed by atoms with van der Waals surface area (Å²) < 4.78 is 40.3. The minimum atomic E-state index is -3.89. The molecule has 1 aliphatic rings. The third kappa shape index (κ3) is 4.75. The zero-order chi connectivity index (χ0) is 22.1. The van der Waals surface area contributed by atoms with Gasteiger partial charge in [-0.3, -0.25) is 0 Å². The molecule has 31 heavy (non-hydrogen) atoms. The number of rotatable bonds is 7. The maximum Gasteiger partial charge on any atom is 0.268 e. The molecule has 1 saturated heterocycles. The molecule has 0 aliphatic carbocycles. The molecule has 0 saturated carbocycles. The smallest absolute Gasteiger partial charge is 0.268 e. The summed E-state index contributed by atoms with van der Waals surface area (Å²) >= 11 is 0. The van der Waals surface area contributed by atoms with Crippen LogP contribution in [0, 0.1) is 0 Å². The predicted molar refractivity (Wildman–Crippen MR) is 123 cm³/mol. The van der Waals surface area contributed by atoms with E-state index in [9.17, 15) is 8.42 Å². The van der Waals surface area contributed by atoms with Crippen LogP contribution in [0.1, 0.15) is 26.3 Å². The second-order valence-electron chi connectivity index (χ2n) is 8.61. The van der Waals surface area contributed by atoms with Crippen molar-refractivity contribution in [1.29, 1.82) is 0 Å². The highest BCUT2D eigenvalue weighted by molar-refractivity contribution is 7.93. The lowest BCUT2D eigenvalue weighted by Gasteiger charge is -2.27. The number of epoxide rings is 1. The zero-order valence-electron chi connectivity index (χ0n) is 18.0. The Balaban J connectivity index is 1.80. The fourth-order valence-corrected chi connectivity index (χ4v) is 4.91. The largest absolute Gasteiger partial charge is 0.490 e. The normalized spacial score (nSPS) is 16.0. The van der Waals surface area contributed by atoms with Gasteiger partial charge < -0.3 is 9.47 Å². The van der Waals surface area contributed by atoms with Gasteiger partial charge in [-0.2, -0.15) is 0 Å². The first-order chi connectivity index (χ1) is 14.8. The summed E-state index contributed by atoms with van der Waals surface area (Å²) in [7, 11) is -3.89. The van der Waals surface area contributed by atoms with E-state index in [2.05, 4.69) is 20.8 Å². The van der Waals surface area contributed by atoms with Crippen molar-refractivity contribution in [2.45, 2.75) is 37.2 Å². The highest BCUT2D eigenvalue weighted by atomic mass is 32.2. The SMILES string of the molecule is CC(C)(C)c1ccc(S(=O)(=O)N(c2ccccc2)c2ccccc2)cc1OCC1CO1. The Morgan fingerprint density at radius 2 is 1.48 bits per heavy atom. The standard InChI is InChI=1S/C25H27NO4S/c1-25(2,3)23-15-14-22(16-24(23)30-18-21-17-29-21)31(27,28)26(19-10-6-4-7-11-19)20-12-8-5-9-13-20/h4-16,21H,17-18H2,1-3H3. The first-order valence-corrected chi connectivity index (χ1v) is 11.8. The van der Waals surface area contributed by atoms with Gasteiger partial charge in [0.2, 0.25) is 0 Å². The average molecular weight is 438 g/mol. The van der Waals surface area contributed by atoms with Gasteiger partial charge in [0.15, 0.2) is 0 Å². The fourth-order valence-electron chi connectivity index (χ4n) is 3.41. The molecule has 0 spiro atoms. The molecule has 1 heterocycles. The van der Waals surface area contributed by atoms with Crippen molar-refractivity contribution in [2.75, 3.05) is 17.5 Å². The lowest BCUT2D eigenvalue weighted by atomic mass is 9.86. The van der Waals surface area contributed by atoms with Crippen LogP contribution in [0.25, 0.3) is 0 Å². The molecule has 4 rings (SSSR count). The fraction of sp³-hybridized carbons (Fsp3) is 0.280. The van der Waals surface area contributed by atoms with Crippen molar-refractivity contribution in [3.8, 4) is 5.75 Å². The summed E-state index contributed by atoms with van der Waals surface area (Å²) in [6.45, 7) is 7.33. The van der Waals surface area contributed by atoms with Gasteiger partial charge in [0.05, 0.1) is 22.9 Å². The molecule has 6 heteroatoms. The van der Waals surface area contributed by atoms with Gasteiger partial charge in [-0.15, -0.1) is 0 Å². The van der Waals surface area contributed by atoms with Crippen LogP contribution in [0.4, 0.5) is 11.4 Å². The molecule has 1 fully saturated rings. The molecule has 5 nitrogen and oxygen atoms in total. The topological polar surface area (TPSA) is 59.1 Å². The molecule has 1 aliphatic heterocycles. The van der Waals surface area contributed by atoms with Crippen LogP contribution in [0.5, 0.6) is 5.75 Å². The van der Waals surface area contributed by atoms with Crippen LogP contribution in [0.2, 0.25) is 0 Å². The maximum absolute atomic E-state index is 13.8. The second-order valence-corrected chi connectivity index (χ2v) is 10.4. The Morgan fingerprint density at radius 3 is 1.97 bits per heavy atom. The molecule has 1 atom stereocenters. The number of benzene rings is 3. The Morgan fingerprint density at radius 1 is 0.935 bits per heavy atom. The Kier molecular flexibility index (Phi) is 5.77. The van der Waals surface area contributed by atoms with Crippen LogP contribution >= 0.6 is 0 Å². The third-order valence-corrected chi connectivity index (χ3v) is 6.86. The molecule has 3 aromatic carbocycles. The number of nitrogens with zero attached hydrogens (tertiary/aromatic N) is 1. The van der Waals surface area contributed by atoms with E-state index in [1.54, 1.807) is 36.4 Å². The molecule has 0 bridgehead atoms. The minimum Gasteiger partial charge on any atom is -0.490 e. The van der Waals surface area contributed by atoms with E-state index >= 15 is 0 Å². The van der Waals surface area contributed by atoms with Crippen LogP contribution in [0.15, 0.2) is 83.8 Å². The molecule has 0 aromatic heterocycles. The Bertz CT molecular complexity index is 1100. The molecule has 0 N–H and O–H groups in total. The number of anilines is 2. The molecule has 3 aromatic rings. The van der Waals surface area contributed by atoms with Gasteiger partial charge in [-0.25, -0.2) is 12.7 Å². The van der Waals surface area contributed by atoms with E-state index in [0.717, 1.165) is 5.56 Å². The summed E-state index contributed by atoms with van der Waals surface area (Å²) in [6, 6.07) is 23.3. The van der Waals surface area contributed by atoms with E-state index in [1.807, 2.05) is 42.5 Å². The molecule has 1 unspecified atom stereocenters. The number of hydrogen-bond donors (Lipinski definition) is 0. The van der Waals surface area contributed by atoms with E-state index < -0.39 is 10.0 Å². The first-order valence-electron chi connectivity index (χ1n) is 10.3. The van der Waals surface area contributed by atoms with Gasteiger partial charge in [0.1, 0.15) is 18.5 Å². The van der Waals surface area contributed by atoms with E-state index in [4.69, 9.17) is 9.47 Å². The lowest BCUT2D eigenvalue weighted by molar-refractivity contribution is 0.257. The monoisotopic (exact) mass is 437 g/mol. The zero-order valence-corrected chi connectivity index (χ0v) is 18.8. The highest BCUT2D eigenvalue weighted by Gasteiger charge is 2.30. The average Bonchev–Trinajstić information content (AvgIpc) is 3.57. The Labute approximate surface area is 184 Å². The number of para-hydroxylation sites is 2. The van der Waals surface area contributed by atoms with Crippen LogP contribution in [-0.4, -0.2) is 27.7 Å². The number of sulfonamides is 1. The van der Waals surface area contributed by atoms with Crippen LogP contribution in [-0.2, 0) is 20.2 Å². The third-order valence-electron chi connectivity index (χ3n) is 5.11. The highest BCUT2D eigenvalue weighted by Crippen LogP contribution is 2.37. The van der Waals surface area contributed by atoms with Gasteiger partial charge >= 0.3 is 0 Å². The van der Waals surface area contributed by atoms with Crippen molar-refractivity contribution in [1.82, 2.24) is 0 Å². The minimum absolute atomic E-state index is 0.0817. The Hall–Kier alpha value is -2.83. The molecule has 162 valence electrons. The molecular weight excluding hydrogens is 410 g/mol. The second kappa shape index (κ2) is 8.36. The van der Waals surface area contributed by atoms with E-state index in [-0.39, 0.29) is 16.4 Å². The molecular formula is C25H27NO4S. The van der Waals surface area contributed by atoms with E-state index in [0.29, 0.717) is 30.3 Å². The first kappa shape index (κ1) is 21.4. The van der Waals surface area contributed by atoms with Crippen molar-refractivity contribution < 1.29 is 17.9 Å². The molecule has 0 amide bonds. The van der Waals surface area contributed by atoms with Gasteiger partial charge in [-0.05, 0) is 41.3 Å². The summed E-state index contributed by atoms with van der Waals surface area (Å²) in [6.07, 6.45) is 0.0817. The summed E-state index contributed by atoms with van der Waals surface area (Å²) in [5.41, 5.74) is 1.91. The van der Waals surface area contributed by atoms with Crippen molar-refractivity contribution in [3.63, 3.8) is 0 Å². The maximum atomic E-state index is 13.8. The quantitative estimate of drug-likeness (QED) is 0.471. The van der Waals surface area contributed by atoms with Gasteiger partial charge in [-0.1, -0.05) is 63.2 Å². The van der Waals surface area contributed by atoms with E-state index in [1.165, 1.54) is 4.31 Å².